The molecule has 43 heavy (non-hydrogen) atoms. The maximum Gasteiger partial charge on any atom is 0.389 e. The Morgan fingerprint density at radius 2 is 1.70 bits per heavy atom. The molecule has 5 nitrogen and oxygen atoms in total. The fourth-order valence-electron chi connectivity index (χ4n) is 5.36. The molecular formula is C35H36F3NO4. The Hall–Kier alpha value is -4.07. The molecule has 1 heterocycles. The first-order valence-electron chi connectivity index (χ1n) is 14.9. The van der Waals surface area contributed by atoms with Gasteiger partial charge in [-0.3, -0.25) is 9.59 Å². The van der Waals surface area contributed by atoms with Crippen LogP contribution in [0.3, 0.4) is 0 Å². The summed E-state index contributed by atoms with van der Waals surface area (Å²) in [5.41, 5.74) is 3.75. The molecule has 1 aliphatic rings. The number of nitrogens with zero attached hydrogens (tertiary/aromatic N) is 1. The highest BCUT2D eigenvalue weighted by atomic mass is 19.4. The van der Waals surface area contributed by atoms with Gasteiger partial charge in [-0.05, 0) is 86.4 Å². The van der Waals surface area contributed by atoms with Gasteiger partial charge in [-0.2, -0.15) is 13.2 Å². The van der Waals surface area contributed by atoms with Crippen LogP contribution in [0.25, 0.3) is 10.9 Å². The van der Waals surface area contributed by atoms with Crippen molar-refractivity contribution in [2.75, 3.05) is 6.61 Å². The molecule has 8 heteroatoms. The Morgan fingerprint density at radius 3 is 2.37 bits per heavy atom. The number of fused-ring (bicyclic) bond motifs is 1. The lowest BCUT2D eigenvalue weighted by Crippen LogP contribution is -2.14. The molecule has 1 atom stereocenters. The second-order valence-electron chi connectivity index (χ2n) is 11.2. The van der Waals surface area contributed by atoms with E-state index in [0.717, 1.165) is 23.2 Å². The molecule has 0 spiro atoms. The van der Waals surface area contributed by atoms with Crippen LogP contribution in [-0.4, -0.2) is 29.1 Å². The molecule has 1 fully saturated rings. The number of halogens is 3. The first-order valence-corrected chi connectivity index (χ1v) is 14.9. The van der Waals surface area contributed by atoms with Gasteiger partial charge in [0.15, 0.2) is 5.78 Å². The lowest BCUT2D eigenvalue weighted by Gasteiger charge is -2.21. The topological polar surface area (TPSA) is 57.5 Å². The van der Waals surface area contributed by atoms with E-state index >= 15 is 0 Å². The molecule has 3 aromatic carbocycles. The molecule has 4 aromatic rings. The molecule has 0 N–H and O–H groups in total. The van der Waals surface area contributed by atoms with Crippen LogP contribution in [0, 0.1) is 5.92 Å². The van der Waals surface area contributed by atoms with Crippen molar-refractivity contribution in [3.8, 4) is 5.75 Å². The number of ether oxygens (including phenoxy) is 2. The minimum absolute atomic E-state index is 0.174. The molecule has 226 valence electrons. The van der Waals surface area contributed by atoms with Crippen LogP contribution < -0.4 is 4.74 Å². The van der Waals surface area contributed by atoms with E-state index in [1.54, 1.807) is 31.2 Å². The van der Waals surface area contributed by atoms with Gasteiger partial charge in [0, 0.05) is 47.6 Å². The van der Waals surface area contributed by atoms with Gasteiger partial charge in [0.25, 0.3) is 0 Å². The maximum absolute atomic E-state index is 13.6. The summed E-state index contributed by atoms with van der Waals surface area (Å²) < 4.78 is 52.4. The number of aromatic nitrogens is 1. The molecule has 0 bridgehead atoms. The number of carbonyl (C=O) groups is 2. The Bertz CT molecular complexity index is 1540. The van der Waals surface area contributed by atoms with E-state index in [1.807, 2.05) is 59.3 Å². The quantitative estimate of drug-likeness (QED) is 0.109. The van der Waals surface area contributed by atoms with Gasteiger partial charge >= 0.3 is 12.1 Å². The van der Waals surface area contributed by atoms with E-state index in [1.165, 1.54) is 18.4 Å². The predicted octanol–water partition coefficient (Wildman–Crippen LogP) is 8.63. The lowest BCUT2D eigenvalue weighted by atomic mass is 10.0. The first kappa shape index (κ1) is 30.4. The monoisotopic (exact) mass is 591 g/mol. The van der Waals surface area contributed by atoms with Crippen molar-refractivity contribution in [1.29, 1.82) is 0 Å². The summed E-state index contributed by atoms with van der Waals surface area (Å²) in [6.07, 6.45) is -0.0846. The molecule has 0 amide bonds. The Labute approximate surface area is 249 Å². The highest BCUT2D eigenvalue weighted by Gasteiger charge is 2.30. The zero-order valence-corrected chi connectivity index (χ0v) is 24.2. The summed E-state index contributed by atoms with van der Waals surface area (Å²) in [5.74, 6) is 0.694. The molecule has 0 aliphatic heterocycles. The maximum atomic E-state index is 13.6. The van der Waals surface area contributed by atoms with E-state index < -0.39 is 18.7 Å². The van der Waals surface area contributed by atoms with Crippen molar-refractivity contribution in [1.82, 2.24) is 4.57 Å². The number of para-hydroxylation sites is 1. The number of ketones is 1. The average molecular weight is 592 g/mol. The third-order valence-corrected chi connectivity index (χ3v) is 7.78. The summed E-state index contributed by atoms with van der Waals surface area (Å²) >= 11 is 0. The van der Waals surface area contributed by atoms with E-state index in [2.05, 4.69) is 0 Å². The van der Waals surface area contributed by atoms with Gasteiger partial charge < -0.3 is 14.0 Å². The molecule has 1 saturated carbocycles. The second kappa shape index (κ2) is 13.5. The van der Waals surface area contributed by atoms with Crippen LogP contribution in [-0.2, 0) is 22.5 Å². The molecule has 1 aliphatic carbocycles. The van der Waals surface area contributed by atoms with Gasteiger partial charge in [0.2, 0.25) is 0 Å². The van der Waals surface area contributed by atoms with Crippen molar-refractivity contribution < 1.29 is 32.2 Å². The summed E-state index contributed by atoms with van der Waals surface area (Å²) in [5, 5.41) is 0.807. The van der Waals surface area contributed by atoms with Crippen LogP contribution >= 0.6 is 0 Å². The summed E-state index contributed by atoms with van der Waals surface area (Å²) in [7, 11) is 0. The van der Waals surface area contributed by atoms with Crippen molar-refractivity contribution >= 4 is 22.7 Å². The number of hydrogen-bond acceptors (Lipinski definition) is 4. The normalized spacial score (nSPS) is 14.0. The number of hydrogen-bond donors (Lipinski definition) is 0. The number of carbonyl (C=O) groups excluding carboxylic acids is 2. The van der Waals surface area contributed by atoms with Gasteiger partial charge in [0.1, 0.15) is 11.9 Å². The van der Waals surface area contributed by atoms with E-state index in [4.69, 9.17) is 9.47 Å². The summed E-state index contributed by atoms with van der Waals surface area (Å²) in [6.45, 7) is 2.67. The van der Waals surface area contributed by atoms with Crippen LogP contribution in [0.4, 0.5) is 13.2 Å². The fourth-order valence-corrected chi connectivity index (χ4v) is 5.36. The highest BCUT2D eigenvalue weighted by Crippen LogP contribution is 2.35. The largest absolute Gasteiger partial charge is 0.486 e. The van der Waals surface area contributed by atoms with E-state index in [9.17, 15) is 22.8 Å². The van der Waals surface area contributed by atoms with Gasteiger partial charge in [0.05, 0.1) is 6.61 Å². The molecule has 5 rings (SSSR count). The van der Waals surface area contributed by atoms with E-state index in [-0.39, 0.29) is 18.2 Å². The lowest BCUT2D eigenvalue weighted by molar-refractivity contribution is -0.143. The Kier molecular flexibility index (Phi) is 9.53. The zero-order valence-electron chi connectivity index (χ0n) is 24.2. The molecule has 0 radical (unpaired) electrons. The third-order valence-electron chi connectivity index (χ3n) is 7.78. The van der Waals surface area contributed by atoms with Gasteiger partial charge in [-0.15, -0.1) is 0 Å². The molecular weight excluding hydrogens is 555 g/mol. The minimum atomic E-state index is -4.29. The second-order valence-corrected chi connectivity index (χ2v) is 11.2. The minimum Gasteiger partial charge on any atom is -0.486 e. The number of rotatable bonds is 14. The zero-order chi connectivity index (χ0) is 30.4. The number of aryl methyl sites for hydroxylation is 1. The SMILES string of the molecule is CCOC(=O)CCCn1cc(C(=O)c2ccc(OC(CCC(F)(F)F)c3ccc(CC4CC4)cc3)cc2)c2ccccc21. The number of alkyl halides is 3. The van der Waals surface area contributed by atoms with Crippen LogP contribution in [0.1, 0.15) is 78.6 Å². The number of benzene rings is 3. The van der Waals surface area contributed by atoms with Crippen molar-refractivity contribution in [3.05, 3.63) is 101 Å². The molecule has 0 saturated heterocycles. The molecule has 1 aromatic heterocycles. The fraction of sp³-hybridized carbons (Fsp3) is 0.371. The van der Waals surface area contributed by atoms with Gasteiger partial charge in [-0.25, -0.2) is 0 Å². The van der Waals surface area contributed by atoms with Crippen LogP contribution in [0.2, 0.25) is 0 Å². The standard InChI is InChI=1S/C35H36F3NO4/c1-2-42-33(40)8-5-21-39-23-30(29-6-3-4-7-31(29)39)34(41)27-15-17-28(18-16-27)43-32(19-20-35(36,37)38)26-13-11-25(12-14-26)22-24-9-10-24/h3-4,6-7,11-18,23-24,32H,2,5,8-10,19-22H2,1H3. The van der Waals surface area contributed by atoms with E-state index in [0.29, 0.717) is 48.4 Å². The number of esters is 1. The van der Waals surface area contributed by atoms with Crippen molar-refractivity contribution in [3.63, 3.8) is 0 Å². The highest BCUT2D eigenvalue weighted by molar-refractivity contribution is 6.16. The van der Waals surface area contributed by atoms with Crippen LogP contribution in [0.5, 0.6) is 5.75 Å². The van der Waals surface area contributed by atoms with Crippen molar-refractivity contribution in [2.45, 2.75) is 70.7 Å². The van der Waals surface area contributed by atoms with Crippen LogP contribution in [0.15, 0.2) is 79.0 Å². The summed E-state index contributed by atoms with van der Waals surface area (Å²) in [6, 6.07) is 21.8. The van der Waals surface area contributed by atoms with Gasteiger partial charge in [-0.1, -0.05) is 42.5 Å². The van der Waals surface area contributed by atoms with Crippen molar-refractivity contribution in [2.24, 2.45) is 5.92 Å². The average Bonchev–Trinajstić information content (AvgIpc) is 3.74. The first-order chi connectivity index (χ1) is 20.7. The predicted molar refractivity (Wildman–Crippen MR) is 159 cm³/mol. The molecule has 1 unspecified atom stereocenters. The third kappa shape index (κ3) is 8.27. The smallest absolute Gasteiger partial charge is 0.389 e. The summed E-state index contributed by atoms with van der Waals surface area (Å²) in [4.78, 5) is 25.3. The Balaban J connectivity index is 1.30. The Morgan fingerprint density at radius 1 is 0.977 bits per heavy atom.